The maximum Gasteiger partial charge on any atom is 0.191 e. The molecular weight excluding hydrogens is 286 g/mol. The summed E-state index contributed by atoms with van der Waals surface area (Å²) in [5.41, 5.74) is 1.32. The second-order valence-corrected chi connectivity index (χ2v) is 5.98. The Kier molecular flexibility index (Phi) is 6.66. The summed E-state index contributed by atoms with van der Waals surface area (Å²) in [6, 6.07) is 10.5. The van der Waals surface area contributed by atoms with Crippen molar-refractivity contribution in [2.24, 2.45) is 10.9 Å². The van der Waals surface area contributed by atoms with Gasteiger partial charge in [0.25, 0.3) is 0 Å². The molecule has 0 atom stereocenters. The maximum absolute atomic E-state index is 4.42. The number of guanidine groups is 1. The SMILES string of the molecule is CN=C(NCCc1ccccc1)NCc1nccn1CC(C)C. The van der Waals surface area contributed by atoms with Crippen molar-refractivity contribution in [1.29, 1.82) is 0 Å². The largest absolute Gasteiger partial charge is 0.356 e. The number of nitrogens with one attached hydrogen (secondary N) is 2. The molecule has 1 aromatic heterocycles. The Bertz CT molecular complexity index is 601. The van der Waals surface area contributed by atoms with Crippen molar-refractivity contribution < 1.29 is 0 Å². The van der Waals surface area contributed by atoms with Crippen LogP contribution in [0.15, 0.2) is 47.7 Å². The van der Waals surface area contributed by atoms with E-state index in [1.165, 1.54) is 5.56 Å². The van der Waals surface area contributed by atoms with E-state index < -0.39 is 0 Å². The van der Waals surface area contributed by atoms with Crippen molar-refractivity contribution in [3.05, 3.63) is 54.1 Å². The lowest BCUT2D eigenvalue weighted by molar-refractivity contribution is 0.503. The average Bonchev–Trinajstić information content (AvgIpc) is 2.98. The molecule has 0 radical (unpaired) electrons. The highest BCUT2D eigenvalue weighted by Crippen LogP contribution is 2.03. The summed E-state index contributed by atoms with van der Waals surface area (Å²) >= 11 is 0. The third-order valence-electron chi connectivity index (χ3n) is 3.55. The highest BCUT2D eigenvalue weighted by atomic mass is 15.2. The number of benzene rings is 1. The number of hydrogen-bond donors (Lipinski definition) is 2. The lowest BCUT2D eigenvalue weighted by Gasteiger charge is -2.14. The Hall–Kier alpha value is -2.30. The first-order chi connectivity index (χ1) is 11.2. The Morgan fingerprint density at radius 1 is 1.22 bits per heavy atom. The van der Waals surface area contributed by atoms with Gasteiger partial charge in [-0.05, 0) is 17.9 Å². The topological polar surface area (TPSA) is 54.2 Å². The molecule has 5 nitrogen and oxygen atoms in total. The van der Waals surface area contributed by atoms with Crippen LogP contribution in [-0.4, -0.2) is 29.1 Å². The molecule has 1 aromatic carbocycles. The number of aromatic nitrogens is 2. The normalized spacial score (nSPS) is 11.7. The lowest BCUT2D eigenvalue weighted by atomic mass is 10.1. The smallest absolute Gasteiger partial charge is 0.191 e. The van der Waals surface area contributed by atoms with Crippen LogP contribution in [0.1, 0.15) is 25.2 Å². The molecule has 0 aliphatic heterocycles. The minimum Gasteiger partial charge on any atom is -0.356 e. The van der Waals surface area contributed by atoms with E-state index in [0.717, 1.165) is 31.3 Å². The molecule has 2 rings (SSSR count). The van der Waals surface area contributed by atoms with Crippen LogP contribution < -0.4 is 10.6 Å². The summed E-state index contributed by atoms with van der Waals surface area (Å²) < 4.78 is 2.19. The Morgan fingerprint density at radius 2 is 2.00 bits per heavy atom. The van der Waals surface area contributed by atoms with Gasteiger partial charge in [-0.2, -0.15) is 0 Å². The van der Waals surface area contributed by atoms with Crippen molar-refractivity contribution in [2.75, 3.05) is 13.6 Å². The van der Waals surface area contributed by atoms with E-state index in [4.69, 9.17) is 0 Å². The molecule has 124 valence electrons. The Morgan fingerprint density at radius 3 is 2.70 bits per heavy atom. The van der Waals surface area contributed by atoms with Gasteiger partial charge in [-0.15, -0.1) is 0 Å². The third kappa shape index (κ3) is 5.77. The summed E-state index contributed by atoms with van der Waals surface area (Å²) in [5, 5.41) is 6.67. The predicted octanol–water partition coefficient (Wildman–Crippen LogP) is 2.45. The number of imidazole rings is 1. The van der Waals surface area contributed by atoms with Crippen LogP contribution in [-0.2, 0) is 19.5 Å². The van der Waals surface area contributed by atoms with Gasteiger partial charge in [-0.25, -0.2) is 4.98 Å². The van der Waals surface area contributed by atoms with Crippen molar-refractivity contribution in [1.82, 2.24) is 20.2 Å². The summed E-state index contributed by atoms with van der Waals surface area (Å²) in [5.74, 6) is 2.44. The second-order valence-electron chi connectivity index (χ2n) is 5.98. The summed E-state index contributed by atoms with van der Waals surface area (Å²) in [6.45, 7) is 6.93. The summed E-state index contributed by atoms with van der Waals surface area (Å²) in [4.78, 5) is 8.69. The molecule has 0 unspecified atom stereocenters. The molecular formula is C18H27N5. The van der Waals surface area contributed by atoms with Crippen LogP contribution in [0, 0.1) is 5.92 Å². The molecule has 0 aliphatic carbocycles. The number of rotatable bonds is 7. The fourth-order valence-corrected chi connectivity index (χ4v) is 2.42. The van der Waals surface area contributed by atoms with E-state index in [-0.39, 0.29) is 0 Å². The Balaban J connectivity index is 1.78. The molecule has 0 saturated heterocycles. The first-order valence-corrected chi connectivity index (χ1v) is 8.17. The van der Waals surface area contributed by atoms with Gasteiger partial charge in [0.15, 0.2) is 5.96 Å². The minimum absolute atomic E-state index is 0.603. The van der Waals surface area contributed by atoms with Crippen molar-refractivity contribution in [2.45, 2.75) is 33.4 Å². The number of aliphatic imine (C=N–C) groups is 1. The van der Waals surface area contributed by atoms with E-state index >= 15 is 0 Å². The fraction of sp³-hybridized carbons (Fsp3) is 0.444. The van der Waals surface area contributed by atoms with E-state index in [9.17, 15) is 0 Å². The van der Waals surface area contributed by atoms with Gasteiger partial charge in [0, 0.05) is 32.5 Å². The second kappa shape index (κ2) is 8.98. The monoisotopic (exact) mass is 313 g/mol. The molecule has 5 heteroatoms. The van der Waals surface area contributed by atoms with Gasteiger partial charge in [0.1, 0.15) is 5.82 Å². The molecule has 0 spiro atoms. The van der Waals surface area contributed by atoms with Gasteiger partial charge in [-0.1, -0.05) is 44.2 Å². The fourth-order valence-electron chi connectivity index (χ4n) is 2.42. The molecule has 0 amide bonds. The predicted molar refractivity (Wildman–Crippen MR) is 95.4 cm³/mol. The zero-order valence-electron chi connectivity index (χ0n) is 14.3. The van der Waals surface area contributed by atoms with Gasteiger partial charge in [0.2, 0.25) is 0 Å². The van der Waals surface area contributed by atoms with Crippen LogP contribution in [0.3, 0.4) is 0 Å². The minimum atomic E-state index is 0.603. The molecule has 0 aliphatic rings. The standard InChI is InChI=1S/C18H27N5/c1-15(2)14-23-12-11-20-17(23)13-22-18(19-3)21-10-9-16-7-5-4-6-8-16/h4-8,11-12,15H,9-10,13-14H2,1-3H3,(H2,19,21,22). The first kappa shape index (κ1) is 17.1. The van der Waals surface area contributed by atoms with Crippen LogP contribution in [0.4, 0.5) is 0 Å². The first-order valence-electron chi connectivity index (χ1n) is 8.17. The van der Waals surface area contributed by atoms with Gasteiger partial charge >= 0.3 is 0 Å². The van der Waals surface area contributed by atoms with Crippen LogP contribution in [0.2, 0.25) is 0 Å². The van der Waals surface area contributed by atoms with E-state index in [0.29, 0.717) is 12.5 Å². The van der Waals surface area contributed by atoms with Crippen LogP contribution in [0.25, 0.3) is 0 Å². The zero-order valence-corrected chi connectivity index (χ0v) is 14.3. The zero-order chi connectivity index (χ0) is 16.5. The van der Waals surface area contributed by atoms with E-state index in [1.807, 2.05) is 18.5 Å². The summed E-state index contributed by atoms with van der Waals surface area (Å²) in [7, 11) is 1.79. The molecule has 2 N–H and O–H groups in total. The van der Waals surface area contributed by atoms with E-state index in [2.05, 4.69) is 63.3 Å². The molecule has 23 heavy (non-hydrogen) atoms. The van der Waals surface area contributed by atoms with Crippen molar-refractivity contribution >= 4 is 5.96 Å². The van der Waals surface area contributed by atoms with Gasteiger partial charge < -0.3 is 15.2 Å². The van der Waals surface area contributed by atoms with E-state index in [1.54, 1.807) is 7.05 Å². The highest BCUT2D eigenvalue weighted by molar-refractivity contribution is 5.79. The molecule has 1 heterocycles. The molecule has 0 saturated carbocycles. The third-order valence-corrected chi connectivity index (χ3v) is 3.55. The lowest BCUT2D eigenvalue weighted by Crippen LogP contribution is -2.38. The quantitative estimate of drug-likeness (QED) is 0.610. The average molecular weight is 313 g/mol. The van der Waals surface area contributed by atoms with Crippen molar-refractivity contribution in [3.8, 4) is 0 Å². The van der Waals surface area contributed by atoms with Crippen molar-refractivity contribution in [3.63, 3.8) is 0 Å². The van der Waals surface area contributed by atoms with Crippen LogP contribution in [0.5, 0.6) is 0 Å². The maximum atomic E-state index is 4.42. The number of nitrogens with zero attached hydrogens (tertiary/aromatic N) is 3. The molecule has 2 aromatic rings. The molecule has 0 bridgehead atoms. The van der Waals surface area contributed by atoms with Gasteiger partial charge in [0.05, 0.1) is 6.54 Å². The van der Waals surface area contributed by atoms with Crippen LogP contribution >= 0.6 is 0 Å². The Labute approximate surface area is 138 Å². The summed E-state index contributed by atoms with van der Waals surface area (Å²) in [6.07, 6.45) is 4.86. The number of hydrogen-bond acceptors (Lipinski definition) is 2. The molecule has 0 fully saturated rings. The highest BCUT2D eigenvalue weighted by Gasteiger charge is 2.05. The van der Waals surface area contributed by atoms with Gasteiger partial charge in [-0.3, -0.25) is 4.99 Å².